The smallest absolute Gasteiger partial charge is 0.272 e. The minimum absolute atomic E-state index is 0.0266. The van der Waals surface area contributed by atoms with Gasteiger partial charge in [0.25, 0.3) is 5.91 Å². The number of likely N-dealkylation sites (tertiary alicyclic amines) is 1. The van der Waals surface area contributed by atoms with Gasteiger partial charge in [-0.2, -0.15) is 4.39 Å². The molecule has 0 radical (unpaired) electrons. The molecule has 2 N–H and O–H groups in total. The number of β-amino-alcohol motifs (C(OH)–C–C–N with tert-alkyl or cyclic N) is 2. The highest BCUT2D eigenvalue weighted by molar-refractivity contribution is 5.92. The van der Waals surface area contributed by atoms with Gasteiger partial charge in [0.2, 0.25) is 5.95 Å². The van der Waals surface area contributed by atoms with E-state index < -0.39 is 24.1 Å². The molecule has 16 heavy (non-hydrogen) atoms. The monoisotopic (exact) mass is 226 g/mol. The summed E-state index contributed by atoms with van der Waals surface area (Å²) in [5.74, 6) is -1.22. The number of pyridine rings is 1. The molecule has 86 valence electrons. The van der Waals surface area contributed by atoms with Crippen LogP contribution in [0.25, 0.3) is 0 Å². The van der Waals surface area contributed by atoms with E-state index in [9.17, 15) is 19.4 Å². The van der Waals surface area contributed by atoms with Crippen LogP contribution in [-0.4, -0.2) is 51.3 Å². The van der Waals surface area contributed by atoms with Crippen LogP contribution in [0.15, 0.2) is 18.2 Å². The molecule has 2 rings (SSSR count). The Kier molecular flexibility index (Phi) is 2.84. The number of carbonyl (C=O) groups is 1. The first kappa shape index (κ1) is 11.0. The van der Waals surface area contributed by atoms with Crippen LogP contribution in [-0.2, 0) is 0 Å². The second-order valence-corrected chi connectivity index (χ2v) is 3.69. The first-order valence-electron chi connectivity index (χ1n) is 4.86. The van der Waals surface area contributed by atoms with Crippen LogP contribution in [0.5, 0.6) is 0 Å². The Hall–Kier alpha value is -1.53. The Bertz CT molecular complexity index is 403. The van der Waals surface area contributed by atoms with Crippen molar-refractivity contribution < 1.29 is 19.4 Å². The Morgan fingerprint density at radius 3 is 2.56 bits per heavy atom. The van der Waals surface area contributed by atoms with Crippen molar-refractivity contribution in [1.82, 2.24) is 9.88 Å². The second kappa shape index (κ2) is 4.15. The number of aliphatic hydroxyl groups excluding tert-OH is 2. The van der Waals surface area contributed by atoms with Gasteiger partial charge in [0, 0.05) is 13.1 Å². The fourth-order valence-corrected chi connectivity index (χ4v) is 1.62. The molecule has 1 amide bonds. The molecule has 2 atom stereocenters. The number of carbonyl (C=O) groups excluding carboxylic acids is 1. The van der Waals surface area contributed by atoms with E-state index in [2.05, 4.69) is 4.98 Å². The summed E-state index contributed by atoms with van der Waals surface area (Å²) in [5, 5.41) is 18.6. The van der Waals surface area contributed by atoms with Crippen molar-refractivity contribution in [1.29, 1.82) is 0 Å². The number of hydrogen-bond donors (Lipinski definition) is 2. The number of amides is 1. The summed E-state index contributed by atoms with van der Waals surface area (Å²) in [5.41, 5.74) is -0.0266. The molecule has 0 unspecified atom stereocenters. The second-order valence-electron chi connectivity index (χ2n) is 3.69. The van der Waals surface area contributed by atoms with Gasteiger partial charge >= 0.3 is 0 Å². The lowest BCUT2D eigenvalue weighted by Crippen LogP contribution is -2.30. The SMILES string of the molecule is O=C(c1cccc(F)n1)N1C[C@@H](O)[C@@H](O)C1. The number of nitrogens with zero attached hydrogens (tertiary/aromatic N) is 2. The molecule has 1 aromatic heterocycles. The highest BCUT2D eigenvalue weighted by atomic mass is 19.1. The van der Waals surface area contributed by atoms with E-state index in [-0.39, 0.29) is 18.8 Å². The van der Waals surface area contributed by atoms with Gasteiger partial charge in [-0.25, -0.2) is 4.98 Å². The maximum absolute atomic E-state index is 12.8. The third-order valence-electron chi connectivity index (χ3n) is 2.48. The van der Waals surface area contributed by atoms with Crippen LogP contribution in [0, 0.1) is 5.95 Å². The Morgan fingerprint density at radius 2 is 2.00 bits per heavy atom. The fraction of sp³-hybridized carbons (Fsp3) is 0.400. The Labute approximate surface area is 91.1 Å². The molecule has 1 aromatic rings. The summed E-state index contributed by atoms with van der Waals surface area (Å²) in [6.45, 7) is 0.0797. The van der Waals surface area contributed by atoms with Crippen molar-refractivity contribution in [3.63, 3.8) is 0 Å². The van der Waals surface area contributed by atoms with Gasteiger partial charge in [0.05, 0.1) is 12.2 Å². The summed E-state index contributed by atoms with van der Waals surface area (Å²) >= 11 is 0. The fourth-order valence-electron chi connectivity index (χ4n) is 1.62. The highest BCUT2D eigenvalue weighted by Crippen LogP contribution is 2.13. The third-order valence-corrected chi connectivity index (χ3v) is 2.48. The molecule has 6 heteroatoms. The van der Waals surface area contributed by atoms with Crippen LogP contribution in [0.4, 0.5) is 4.39 Å². The van der Waals surface area contributed by atoms with E-state index in [1.807, 2.05) is 0 Å². The van der Waals surface area contributed by atoms with Gasteiger partial charge in [-0.05, 0) is 12.1 Å². The van der Waals surface area contributed by atoms with E-state index in [1.54, 1.807) is 0 Å². The lowest BCUT2D eigenvalue weighted by Gasteiger charge is -2.14. The molecule has 1 saturated heterocycles. The van der Waals surface area contributed by atoms with Gasteiger partial charge in [-0.3, -0.25) is 4.79 Å². The van der Waals surface area contributed by atoms with E-state index >= 15 is 0 Å². The van der Waals surface area contributed by atoms with Crippen LogP contribution in [0.3, 0.4) is 0 Å². The predicted octanol–water partition coefficient (Wildman–Crippen LogP) is -0.602. The molecule has 0 aromatic carbocycles. The van der Waals surface area contributed by atoms with E-state index in [4.69, 9.17) is 0 Å². The number of rotatable bonds is 1. The molecule has 1 aliphatic rings. The summed E-state index contributed by atoms with van der Waals surface area (Å²) in [7, 11) is 0. The van der Waals surface area contributed by atoms with Gasteiger partial charge in [0.15, 0.2) is 0 Å². The summed E-state index contributed by atoms with van der Waals surface area (Å²) < 4.78 is 12.8. The topological polar surface area (TPSA) is 73.7 Å². The van der Waals surface area contributed by atoms with Crippen molar-refractivity contribution >= 4 is 5.91 Å². The third kappa shape index (κ3) is 2.02. The molecule has 0 saturated carbocycles. The molecule has 0 aliphatic carbocycles. The molecule has 2 heterocycles. The maximum Gasteiger partial charge on any atom is 0.272 e. The van der Waals surface area contributed by atoms with Crippen molar-refractivity contribution in [2.75, 3.05) is 13.1 Å². The summed E-state index contributed by atoms with van der Waals surface area (Å²) in [4.78, 5) is 16.5. The average Bonchev–Trinajstić information content (AvgIpc) is 2.58. The molecule has 1 aliphatic heterocycles. The molecule has 0 spiro atoms. The van der Waals surface area contributed by atoms with Gasteiger partial charge in [-0.15, -0.1) is 0 Å². The Balaban J connectivity index is 2.14. The quantitative estimate of drug-likeness (QED) is 0.627. The number of aliphatic hydroxyl groups is 2. The number of aromatic nitrogens is 1. The van der Waals surface area contributed by atoms with Crippen molar-refractivity contribution in [2.24, 2.45) is 0 Å². The van der Waals surface area contributed by atoms with Crippen molar-refractivity contribution in [3.05, 3.63) is 29.8 Å². The van der Waals surface area contributed by atoms with Crippen LogP contribution >= 0.6 is 0 Å². The van der Waals surface area contributed by atoms with Gasteiger partial charge in [-0.1, -0.05) is 6.07 Å². The normalized spacial score (nSPS) is 24.8. The molecular formula is C10H11FN2O3. The number of halogens is 1. The average molecular weight is 226 g/mol. The molecule has 0 bridgehead atoms. The highest BCUT2D eigenvalue weighted by Gasteiger charge is 2.33. The minimum Gasteiger partial charge on any atom is -0.388 e. The molecule has 5 nitrogen and oxygen atoms in total. The number of hydrogen-bond acceptors (Lipinski definition) is 4. The van der Waals surface area contributed by atoms with Crippen molar-refractivity contribution in [2.45, 2.75) is 12.2 Å². The van der Waals surface area contributed by atoms with E-state index in [1.165, 1.54) is 17.0 Å². The van der Waals surface area contributed by atoms with E-state index in [0.29, 0.717) is 0 Å². The first-order chi connectivity index (χ1) is 7.58. The Morgan fingerprint density at radius 1 is 1.38 bits per heavy atom. The minimum atomic E-state index is -0.947. The largest absolute Gasteiger partial charge is 0.388 e. The van der Waals surface area contributed by atoms with Gasteiger partial charge < -0.3 is 15.1 Å². The zero-order valence-corrected chi connectivity index (χ0v) is 8.38. The standard InChI is InChI=1S/C10H11FN2O3/c11-9-3-1-2-6(12-9)10(16)13-4-7(14)8(15)5-13/h1-3,7-8,14-15H,4-5H2/t7-,8+. The summed E-state index contributed by atoms with van der Waals surface area (Å²) in [6, 6.07) is 3.92. The predicted molar refractivity (Wildman–Crippen MR) is 52.1 cm³/mol. The van der Waals surface area contributed by atoms with Crippen LogP contribution in [0.2, 0.25) is 0 Å². The molecular weight excluding hydrogens is 215 g/mol. The first-order valence-corrected chi connectivity index (χ1v) is 4.86. The molecule has 1 fully saturated rings. The van der Waals surface area contributed by atoms with Gasteiger partial charge in [0.1, 0.15) is 5.69 Å². The zero-order valence-electron chi connectivity index (χ0n) is 8.38. The maximum atomic E-state index is 12.8. The lowest BCUT2D eigenvalue weighted by atomic mass is 10.3. The zero-order chi connectivity index (χ0) is 11.7. The van der Waals surface area contributed by atoms with Crippen molar-refractivity contribution in [3.8, 4) is 0 Å². The van der Waals surface area contributed by atoms with Crippen LogP contribution in [0.1, 0.15) is 10.5 Å². The lowest BCUT2D eigenvalue weighted by molar-refractivity contribution is 0.0572. The van der Waals surface area contributed by atoms with Crippen LogP contribution < -0.4 is 0 Å². The summed E-state index contributed by atoms with van der Waals surface area (Å²) in [6.07, 6.45) is -1.89. The van der Waals surface area contributed by atoms with E-state index in [0.717, 1.165) is 6.07 Å².